The minimum Gasteiger partial charge on any atom is -0.508 e. The van der Waals surface area contributed by atoms with Gasteiger partial charge >= 0.3 is 6.01 Å². The highest BCUT2D eigenvalue weighted by molar-refractivity contribution is 6.07. The minimum absolute atomic E-state index is 0.0560. The Balaban J connectivity index is 1.35. The molecule has 8 rings (SSSR count). The number of aromatic hydroxyl groups is 1. The van der Waals surface area contributed by atoms with Crippen molar-refractivity contribution in [3.05, 3.63) is 71.2 Å². The number of hydrogen-bond acceptors (Lipinski definition) is 9. The first-order valence-corrected chi connectivity index (χ1v) is 17.7. The predicted molar refractivity (Wildman–Crippen MR) is 194 cm³/mol. The van der Waals surface area contributed by atoms with Crippen molar-refractivity contribution in [3.8, 4) is 23.0 Å². The van der Waals surface area contributed by atoms with Crippen LogP contribution in [-0.2, 0) is 19.5 Å². The highest BCUT2D eigenvalue weighted by Gasteiger charge is 2.71. The minimum atomic E-state index is -2.97. The Hall–Kier alpha value is -5.51. The molecule has 1 aliphatic heterocycles. The Labute approximate surface area is 307 Å². The number of benzene rings is 2. The number of phenols is 1. The summed E-state index contributed by atoms with van der Waals surface area (Å²) < 4.78 is 71.6. The fourth-order valence-electron chi connectivity index (χ4n) is 7.80. The largest absolute Gasteiger partial charge is 0.508 e. The van der Waals surface area contributed by atoms with E-state index in [1.54, 1.807) is 56.8 Å². The smallest absolute Gasteiger partial charge is 0.319 e. The van der Waals surface area contributed by atoms with E-state index in [2.05, 4.69) is 15.2 Å². The Morgan fingerprint density at radius 2 is 1.81 bits per heavy atom. The van der Waals surface area contributed by atoms with Gasteiger partial charge in [-0.15, -0.1) is 0 Å². The monoisotopic (exact) mass is 745 g/mol. The fraction of sp³-hybridized carbons (Fsp3) is 0.395. The third-order valence-electron chi connectivity index (χ3n) is 10.4. The van der Waals surface area contributed by atoms with Crippen molar-refractivity contribution in [1.29, 1.82) is 0 Å². The topological polar surface area (TPSA) is 117 Å². The van der Waals surface area contributed by atoms with E-state index < -0.39 is 29.6 Å². The maximum atomic E-state index is 17.6. The molecule has 1 saturated carbocycles. The molecule has 5 heterocycles. The summed E-state index contributed by atoms with van der Waals surface area (Å²) in [6.45, 7) is 2.60. The number of aromatic nitrogens is 6. The van der Waals surface area contributed by atoms with Gasteiger partial charge in [0.2, 0.25) is 0 Å². The van der Waals surface area contributed by atoms with Gasteiger partial charge < -0.3 is 24.5 Å². The van der Waals surface area contributed by atoms with Crippen molar-refractivity contribution in [3.63, 3.8) is 0 Å². The number of fused-ring (bicyclic) bond motifs is 5. The number of anilines is 1. The van der Waals surface area contributed by atoms with Crippen molar-refractivity contribution in [1.82, 2.24) is 39.2 Å². The molecule has 0 saturated heterocycles. The Kier molecular flexibility index (Phi) is 8.43. The van der Waals surface area contributed by atoms with Crippen molar-refractivity contribution in [2.45, 2.75) is 45.2 Å². The highest BCUT2D eigenvalue weighted by Crippen LogP contribution is 2.60. The van der Waals surface area contributed by atoms with Gasteiger partial charge in [0.1, 0.15) is 35.2 Å². The molecule has 0 radical (unpaired) electrons. The van der Waals surface area contributed by atoms with Gasteiger partial charge in [0, 0.05) is 45.7 Å². The molecule has 12 nitrogen and oxygen atoms in total. The van der Waals surface area contributed by atoms with Gasteiger partial charge in [-0.05, 0) is 73.6 Å². The zero-order valence-electron chi connectivity index (χ0n) is 30.5. The molecule has 4 aromatic heterocycles. The molecular formula is C38H39F4N9O3. The number of amides is 1. The van der Waals surface area contributed by atoms with E-state index in [0.29, 0.717) is 41.4 Å². The molecule has 0 bridgehead atoms. The lowest BCUT2D eigenvalue weighted by molar-refractivity contribution is 0.0288. The molecule has 6 aromatic rings. The normalized spacial score (nSPS) is 18.1. The van der Waals surface area contributed by atoms with Gasteiger partial charge in [0.25, 0.3) is 11.8 Å². The number of hydrogen-bond donors (Lipinski definition) is 1. The summed E-state index contributed by atoms with van der Waals surface area (Å²) in [5.74, 6) is -4.45. The summed E-state index contributed by atoms with van der Waals surface area (Å²) in [5, 5.41) is 21.0. The molecular weight excluding hydrogens is 706 g/mol. The summed E-state index contributed by atoms with van der Waals surface area (Å²) in [7, 11) is 6.70. The molecule has 1 amide bonds. The molecule has 54 heavy (non-hydrogen) atoms. The molecule has 0 spiro atoms. The first kappa shape index (κ1) is 35.5. The first-order valence-electron chi connectivity index (χ1n) is 17.7. The second-order valence-electron chi connectivity index (χ2n) is 14.7. The first-order chi connectivity index (χ1) is 25.7. The lowest BCUT2D eigenvalue weighted by atomic mass is 9.94. The van der Waals surface area contributed by atoms with Crippen LogP contribution in [0.1, 0.15) is 41.5 Å². The summed E-state index contributed by atoms with van der Waals surface area (Å²) in [5.41, 5.74) is 0.201. The highest BCUT2D eigenvalue weighted by atomic mass is 19.3. The predicted octanol–water partition coefficient (Wildman–Crippen LogP) is 5.92. The summed E-state index contributed by atoms with van der Waals surface area (Å²) >= 11 is 0. The standard InChI is InChI=1S/C38H39F4N9O3/c1-6-24-26(39)9-8-21-14-23(52)16-25(29(21)24)33-31(40)32-30(28-10-11-43-51(28)33)34(45-36(44-32)54-20-37(19-47(2)3)18-38(37,41)42)49-12-7-13-50-22(17-49)15-27(46-50)35(53)48(4)5/h8-11,14-16,52H,6-7,12-13,17-20H2,1-5H3. The zero-order chi connectivity index (χ0) is 38.3. The second kappa shape index (κ2) is 12.8. The van der Waals surface area contributed by atoms with Crippen molar-refractivity contribution in [2.75, 3.05) is 52.8 Å². The average molecular weight is 746 g/mol. The third kappa shape index (κ3) is 5.74. The van der Waals surface area contributed by atoms with Crippen molar-refractivity contribution < 1.29 is 32.2 Å². The zero-order valence-corrected chi connectivity index (χ0v) is 30.5. The Bertz CT molecular complexity index is 2480. The SMILES string of the molecule is CCc1c(F)ccc2cc(O)cc(-c3c(F)c4nc(OCC5(CN(C)C)CC5(F)F)nc(N5CCCn6nc(C(=O)N(C)C)cc6C5)c4c4ccnn34)c12. The number of carbonyl (C=O) groups is 1. The number of carbonyl (C=O) groups excluding carboxylic acids is 1. The molecule has 16 heteroatoms. The van der Waals surface area contributed by atoms with Crippen LogP contribution >= 0.6 is 0 Å². The van der Waals surface area contributed by atoms with E-state index in [1.165, 1.54) is 39.9 Å². The number of ether oxygens (including phenoxy) is 1. The number of rotatable bonds is 9. The van der Waals surface area contributed by atoms with Crippen LogP contribution in [0.25, 0.3) is 38.4 Å². The van der Waals surface area contributed by atoms with E-state index in [4.69, 9.17) is 9.72 Å². The van der Waals surface area contributed by atoms with Gasteiger partial charge in [-0.3, -0.25) is 9.48 Å². The van der Waals surface area contributed by atoms with E-state index in [0.717, 1.165) is 5.69 Å². The maximum absolute atomic E-state index is 17.6. The molecule has 2 aliphatic rings. The molecule has 1 atom stereocenters. The lowest BCUT2D eigenvalue weighted by Gasteiger charge is -2.25. The van der Waals surface area contributed by atoms with Gasteiger partial charge in [-0.1, -0.05) is 13.0 Å². The van der Waals surface area contributed by atoms with Gasteiger partial charge in [-0.25, -0.2) is 22.1 Å². The van der Waals surface area contributed by atoms with E-state index in [1.807, 2.05) is 4.90 Å². The van der Waals surface area contributed by atoms with Gasteiger partial charge in [-0.2, -0.15) is 20.2 Å². The fourth-order valence-corrected chi connectivity index (χ4v) is 7.80. The quantitative estimate of drug-likeness (QED) is 0.180. The number of aryl methyl sites for hydroxylation is 2. The lowest BCUT2D eigenvalue weighted by Crippen LogP contribution is -2.32. The van der Waals surface area contributed by atoms with Crippen LogP contribution in [0.3, 0.4) is 0 Å². The molecule has 1 aliphatic carbocycles. The maximum Gasteiger partial charge on any atom is 0.319 e. The van der Waals surface area contributed by atoms with Crippen LogP contribution in [0.5, 0.6) is 11.8 Å². The summed E-state index contributed by atoms with van der Waals surface area (Å²) in [4.78, 5) is 27.1. The van der Waals surface area contributed by atoms with E-state index >= 15 is 8.78 Å². The van der Waals surface area contributed by atoms with Crippen LogP contribution < -0.4 is 9.64 Å². The van der Waals surface area contributed by atoms with Crippen LogP contribution in [-0.4, -0.2) is 104 Å². The van der Waals surface area contributed by atoms with Gasteiger partial charge in [0.05, 0.1) is 34.8 Å². The third-order valence-corrected chi connectivity index (χ3v) is 10.4. The molecule has 282 valence electrons. The molecule has 1 N–H and O–H groups in total. The van der Waals surface area contributed by atoms with E-state index in [9.17, 15) is 18.7 Å². The number of phenolic OH excluding ortho intramolecular Hbond substituents is 1. The Morgan fingerprint density at radius 3 is 2.52 bits per heavy atom. The second-order valence-corrected chi connectivity index (χ2v) is 14.7. The number of halogens is 4. The molecule has 2 aromatic carbocycles. The molecule has 1 unspecified atom stereocenters. The average Bonchev–Trinajstić information content (AvgIpc) is 3.39. The number of pyridine rings is 1. The van der Waals surface area contributed by atoms with Crippen LogP contribution in [0.2, 0.25) is 0 Å². The Morgan fingerprint density at radius 1 is 1.04 bits per heavy atom. The van der Waals surface area contributed by atoms with E-state index in [-0.39, 0.29) is 77.3 Å². The van der Waals surface area contributed by atoms with Crippen LogP contribution in [0.15, 0.2) is 42.6 Å². The summed E-state index contributed by atoms with van der Waals surface area (Å²) in [6, 6.07) is 8.79. The summed E-state index contributed by atoms with van der Waals surface area (Å²) in [6.07, 6.45) is 1.99. The molecule has 1 fully saturated rings. The van der Waals surface area contributed by atoms with Crippen LogP contribution in [0.4, 0.5) is 23.4 Å². The van der Waals surface area contributed by atoms with Crippen LogP contribution in [0, 0.1) is 17.0 Å². The van der Waals surface area contributed by atoms with Gasteiger partial charge in [0.15, 0.2) is 11.5 Å². The van der Waals surface area contributed by atoms with Crippen molar-refractivity contribution >= 4 is 38.9 Å². The van der Waals surface area contributed by atoms with Crippen molar-refractivity contribution in [2.24, 2.45) is 5.41 Å². The number of nitrogens with zero attached hydrogens (tertiary/aromatic N) is 9. The number of alkyl halides is 2.